The Labute approximate surface area is 141 Å². The molecule has 0 aliphatic heterocycles. The number of pyridine rings is 1. The van der Waals surface area contributed by atoms with Crippen LogP contribution in [0.25, 0.3) is 22.4 Å². The monoisotopic (exact) mass is 322 g/mol. The van der Waals surface area contributed by atoms with Gasteiger partial charge in [0.15, 0.2) is 5.82 Å². The molecule has 1 saturated carbocycles. The number of benzene rings is 1. The molecule has 0 radical (unpaired) electrons. The second kappa shape index (κ2) is 6.24. The first kappa shape index (κ1) is 15.1. The third-order valence-electron chi connectivity index (χ3n) is 4.71. The van der Waals surface area contributed by atoms with Crippen molar-refractivity contribution in [1.29, 1.82) is 0 Å². The summed E-state index contributed by atoms with van der Waals surface area (Å²) in [5.41, 5.74) is 7.92. The van der Waals surface area contributed by atoms with Crippen molar-refractivity contribution in [3.8, 4) is 17.3 Å². The molecule has 4 rings (SSSR count). The summed E-state index contributed by atoms with van der Waals surface area (Å²) < 4.78 is 7.79. The molecule has 1 aliphatic carbocycles. The van der Waals surface area contributed by atoms with Gasteiger partial charge >= 0.3 is 0 Å². The number of aromatic nitrogens is 3. The largest absolute Gasteiger partial charge is 0.494 e. The first-order valence-electron chi connectivity index (χ1n) is 8.57. The lowest BCUT2D eigenvalue weighted by molar-refractivity contribution is 0.340. The van der Waals surface area contributed by atoms with Gasteiger partial charge in [-0.05, 0) is 50.5 Å². The van der Waals surface area contributed by atoms with Gasteiger partial charge in [0.05, 0.1) is 12.1 Å². The Morgan fingerprint density at radius 1 is 1.25 bits per heavy atom. The first-order chi connectivity index (χ1) is 11.7. The Kier molecular flexibility index (Phi) is 3.94. The van der Waals surface area contributed by atoms with Gasteiger partial charge in [-0.2, -0.15) is 0 Å². The van der Waals surface area contributed by atoms with Crippen LogP contribution in [0.4, 0.5) is 0 Å². The van der Waals surface area contributed by atoms with Crippen LogP contribution in [0.15, 0.2) is 42.7 Å². The molecule has 24 heavy (non-hydrogen) atoms. The van der Waals surface area contributed by atoms with E-state index in [-0.39, 0.29) is 0 Å². The van der Waals surface area contributed by atoms with Crippen LogP contribution in [0.2, 0.25) is 0 Å². The Morgan fingerprint density at radius 3 is 2.96 bits per heavy atom. The molecule has 3 aromatic rings. The molecule has 1 aliphatic rings. The zero-order valence-corrected chi connectivity index (χ0v) is 13.9. The average Bonchev–Trinajstić information content (AvgIpc) is 3.23. The molecule has 0 unspecified atom stereocenters. The summed E-state index contributed by atoms with van der Waals surface area (Å²) in [5, 5.41) is 1.07. The van der Waals surface area contributed by atoms with Crippen LogP contribution in [-0.2, 0) is 0 Å². The normalized spacial score (nSPS) is 20.6. The Morgan fingerprint density at radius 2 is 2.17 bits per heavy atom. The molecule has 1 aromatic carbocycles. The third-order valence-corrected chi connectivity index (χ3v) is 4.71. The molecular formula is C19H22N4O. The number of nitrogens with zero attached hydrogens (tertiary/aromatic N) is 3. The van der Waals surface area contributed by atoms with E-state index in [1.165, 1.54) is 0 Å². The Hall–Kier alpha value is -2.40. The predicted octanol–water partition coefficient (Wildman–Crippen LogP) is 3.55. The van der Waals surface area contributed by atoms with Crippen LogP contribution >= 0.6 is 0 Å². The summed E-state index contributed by atoms with van der Waals surface area (Å²) in [7, 11) is 0. The van der Waals surface area contributed by atoms with Gasteiger partial charge in [-0.15, -0.1) is 0 Å². The number of nitrogens with two attached hydrogens (primary N) is 1. The van der Waals surface area contributed by atoms with Crippen molar-refractivity contribution in [2.45, 2.75) is 38.3 Å². The maximum Gasteiger partial charge on any atom is 0.158 e. The highest BCUT2D eigenvalue weighted by Crippen LogP contribution is 2.32. The van der Waals surface area contributed by atoms with Gasteiger partial charge in [0.2, 0.25) is 0 Å². The highest BCUT2D eigenvalue weighted by atomic mass is 16.5. The van der Waals surface area contributed by atoms with E-state index in [0.29, 0.717) is 18.7 Å². The van der Waals surface area contributed by atoms with Crippen molar-refractivity contribution in [2.75, 3.05) is 6.61 Å². The lowest BCUT2D eigenvalue weighted by Gasteiger charge is -2.15. The van der Waals surface area contributed by atoms with Gasteiger partial charge in [-0.25, -0.2) is 9.97 Å². The quantitative estimate of drug-likeness (QED) is 0.798. The standard InChI is InChI=1S/C19H22N4O/c1-2-24-16-6-8-17-13(11-16)3-7-18(22-17)19-21-9-10-23(19)15-5-4-14(20)12-15/h3,6-11,14-15H,2,4-5,12,20H2,1H3/t14-,15-/m1/s1. The summed E-state index contributed by atoms with van der Waals surface area (Å²) >= 11 is 0. The van der Waals surface area contributed by atoms with E-state index < -0.39 is 0 Å². The zero-order chi connectivity index (χ0) is 16.5. The summed E-state index contributed by atoms with van der Waals surface area (Å²) in [5.74, 6) is 1.80. The maximum absolute atomic E-state index is 6.07. The number of imidazole rings is 1. The summed E-state index contributed by atoms with van der Waals surface area (Å²) in [6.07, 6.45) is 7.09. The van der Waals surface area contributed by atoms with E-state index in [1.54, 1.807) is 0 Å². The Balaban J connectivity index is 1.70. The molecule has 124 valence electrons. The smallest absolute Gasteiger partial charge is 0.158 e. The minimum atomic E-state index is 0.298. The minimum absolute atomic E-state index is 0.298. The summed E-state index contributed by atoms with van der Waals surface area (Å²) in [4.78, 5) is 9.34. The van der Waals surface area contributed by atoms with Gasteiger partial charge < -0.3 is 15.0 Å². The van der Waals surface area contributed by atoms with Crippen molar-refractivity contribution in [3.63, 3.8) is 0 Å². The minimum Gasteiger partial charge on any atom is -0.494 e. The highest BCUT2D eigenvalue weighted by Gasteiger charge is 2.25. The van der Waals surface area contributed by atoms with Crippen molar-refractivity contribution >= 4 is 10.9 Å². The fraction of sp³-hybridized carbons (Fsp3) is 0.368. The van der Waals surface area contributed by atoms with E-state index in [0.717, 1.165) is 47.4 Å². The van der Waals surface area contributed by atoms with E-state index in [4.69, 9.17) is 15.5 Å². The van der Waals surface area contributed by atoms with Gasteiger partial charge in [0.25, 0.3) is 0 Å². The Bertz CT molecular complexity index is 857. The molecule has 1 fully saturated rings. The molecule has 2 heterocycles. The predicted molar refractivity (Wildman–Crippen MR) is 95.0 cm³/mol. The number of hydrogen-bond acceptors (Lipinski definition) is 4. The molecular weight excluding hydrogens is 300 g/mol. The lowest BCUT2D eigenvalue weighted by Crippen LogP contribution is -2.16. The average molecular weight is 322 g/mol. The molecule has 2 N–H and O–H groups in total. The van der Waals surface area contributed by atoms with Crippen LogP contribution in [0.1, 0.15) is 32.2 Å². The van der Waals surface area contributed by atoms with E-state index >= 15 is 0 Å². The molecule has 0 saturated heterocycles. The molecule has 0 spiro atoms. The zero-order valence-electron chi connectivity index (χ0n) is 13.9. The fourth-order valence-corrected chi connectivity index (χ4v) is 3.54. The van der Waals surface area contributed by atoms with E-state index in [1.807, 2.05) is 43.6 Å². The van der Waals surface area contributed by atoms with Crippen LogP contribution in [0.3, 0.4) is 0 Å². The number of ether oxygens (including phenoxy) is 1. The fourth-order valence-electron chi connectivity index (χ4n) is 3.54. The van der Waals surface area contributed by atoms with Gasteiger partial charge in [0.1, 0.15) is 11.4 Å². The number of rotatable bonds is 4. The lowest BCUT2D eigenvalue weighted by atomic mass is 10.2. The van der Waals surface area contributed by atoms with Crippen LogP contribution in [0.5, 0.6) is 5.75 Å². The third kappa shape index (κ3) is 2.76. The maximum atomic E-state index is 6.07. The van der Waals surface area contributed by atoms with Crippen LogP contribution in [0, 0.1) is 0 Å². The summed E-state index contributed by atoms with van der Waals surface area (Å²) in [6, 6.07) is 10.8. The van der Waals surface area contributed by atoms with Crippen molar-refractivity contribution in [3.05, 3.63) is 42.7 Å². The van der Waals surface area contributed by atoms with Gasteiger partial charge in [0, 0.05) is 29.9 Å². The molecule has 0 amide bonds. The van der Waals surface area contributed by atoms with Crippen LogP contribution < -0.4 is 10.5 Å². The van der Waals surface area contributed by atoms with Crippen molar-refractivity contribution in [1.82, 2.24) is 14.5 Å². The second-order valence-electron chi connectivity index (χ2n) is 6.37. The van der Waals surface area contributed by atoms with Gasteiger partial charge in [-0.3, -0.25) is 0 Å². The van der Waals surface area contributed by atoms with Crippen molar-refractivity contribution < 1.29 is 4.74 Å². The molecule has 5 heteroatoms. The summed E-state index contributed by atoms with van der Waals surface area (Å²) in [6.45, 7) is 2.65. The first-order valence-corrected chi connectivity index (χ1v) is 8.57. The van der Waals surface area contributed by atoms with Crippen LogP contribution in [-0.4, -0.2) is 27.2 Å². The van der Waals surface area contributed by atoms with Crippen molar-refractivity contribution in [2.24, 2.45) is 5.73 Å². The molecule has 2 atom stereocenters. The van der Waals surface area contributed by atoms with E-state index in [9.17, 15) is 0 Å². The van der Waals surface area contributed by atoms with Gasteiger partial charge in [-0.1, -0.05) is 6.07 Å². The number of fused-ring (bicyclic) bond motifs is 1. The molecule has 2 aromatic heterocycles. The molecule has 5 nitrogen and oxygen atoms in total. The molecule has 0 bridgehead atoms. The SMILES string of the molecule is CCOc1ccc2nc(-c3nccn3[C@@H]3CC[C@@H](N)C3)ccc2c1. The van der Waals surface area contributed by atoms with E-state index in [2.05, 4.69) is 15.6 Å². The number of hydrogen-bond donors (Lipinski definition) is 1. The highest BCUT2D eigenvalue weighted by molar-refractivity contribution is 5.82. The second-order valence-corrected chi connectivity index (χ2v) is 6.37. The topological polar surface area (TPSA) is 66.0 Å².